The van der Waals surface area contributed by atoms with Crippen LogP contribution in [0.4, 0.5) is 15.8 Å². The minimum absolute atomic E-state index is 0.0360. The summed E-state index contributed by atoms with van der Waals surface area (Å²) in [5.74, 6) is -2.08. The van der Waals surface area contributed by atoms with Gasteiger partial charge in [-0.05, 0) is 49.1 Å². The molecule has 3 amide bonds. The Labute approximate surface area is 168 Å². The molecule has 0 saturated carbocycles. The Balaban J connectivity index is 1.64. The van der Waals surface area contributed by atoms with Crippen molar-refractivity contribution in [3.05, 3.63) is 58.9 Å². The van der Waals surface area contributed by atoms with Crippen LogP contribution >= 0.6 is 0 Å². The van der Waals surface area contributed by atoms with Gasteiger partial charge in [0.05, 0.1) is 17.2 Å². The summed E-state index contributed by atoms with van der Waals surface area (Å²) in [4.78, 5) is 39.9. The molecule has 0 aromatic heterocycles. The van der Waals surface area contributed by atoms with Crippen LogP contribution in [0.25, 0.3) is 0 Å². The molecule has 2 heterocycles. The first-order valence-corrected chi connectivity index (χ1v) is 9.73. The second kappa shape index (κ2) is 7.66. The van der Waals surface area contributed by atoms with Gasteiger partial charge in [-0.3, -0.25) is 14.4 Å². The SMILES string of the molecule is Cc1cccc(C(=O)N2CCCC2)c1NC(=O)C1CC(=O)Nc2cc(F)ccc21. The summed E-state index contributed by atoms with van der Waals surface area (Å²) in [7, 11) is 0. The molecule has 1 saturated heterocycles. The molecule has 6 nitrogen and oxygen atoms in total. The van der Waals surface area contributed by atoms with Crippen molar-refractivity contribution in [2.24, 2.45) is 0 Å². The molecule has 2 aliphatic rings. The molecule has 2 aromatic carbocycles. The smallest absolute Gasteiger partial charge is 0.255 e. The Morgan fingerprint density at radius 3 is 2.69 bits per heavy atom. The number of aryl methyl sites for hydroxylation is 1. The molecule has 0 aliphatic carbocycles. The Hall–Kier alpha value is -3.22. The maximum atomic E-state index is 13.5. The van der Waals surface area contributed by atoms with Crippen LogP contribution in [0.3, 0.4) is 0 Å². The number of amides is 3. The average molecular weight is 395 g/mol. The molecule has 2 N–H and O–H groups in total. The van der Waals surface area contributed by atoms with Crippen molar-refractivity contribution < 1.29 is 18.8 Å². The van der Waals surface area contributed by atoms with Crippen molar-refractivity contribution in [2.45, 2.75) is 32.1 Å². The number of anilines is 2. The zero-order chi connectivity index (χ0) is 20.5. The fourth-order valence-corrected chi connectivity index (χ4v) is 3.98. The highest BCUT2D eigenvalue weighted by Gasteiger charge is 2.32. The number of fused-ring (bicyclic) bond motifs is 1. The maximum absolute atomic E-state index is 13.5. The van der Waals surface area contributed by atoms with E-state index in [9.17, 15) is 18.8 Å². The summed E-state index contributed by atoms with van der Waals surface area (Å²) >= 11 is 0. The molecule has 0 spiro atoms. The van der Waals surface area contributed by atoms with E-state index >= 15 is 0 Å². The number of hydrogen-bond acceptors (Lipinski definition) is 3. The zero-order valence-corrected chi connectivity index (χ0v) is 16.1. The van der Waals surface area contributed by atoms with Crippen molar-refractivity contribution in [2.75, 3.05) is 23.7 Å². The van der Waals surface area contributed by atoms with Crippen LogP contribution in [0, 0.1) is 12.7 Å². The van der Waals surface area contributed by atoms with Crippen molar-refractivity contribution >= 4 is 29.1 Å². The van der Waals surface area contributed by atoms with Crippen molar-refractivity contribution in [3.63, 3.8) is 0 Å². The molecular weight excluding hydrogens is 373 g/mol. The molecule has 0 radical (unpaired) electrons. The van der Waals surface area contributed by atoms with Gasteiger partial charge in [0, 0.05) is 25.2 Å². The number of nitrogens with zero attached hydrogens (tertiary/aromatic N) is 1. The Bertz CT molecular complexity index is 999. The van der Waals surface area contributed by atoms with Crippen molar-refractivity contribution in [1.29, 1.82) is 0 Å². The highest BCUT2D eigenvalue weighted by atomic mass is 19.1. The molecule has 1 atom stereocenters. The number of para-hydroxylation sites is 1. The van der Waals surface area contributed by atoms with E-state index in [0.29, 0.717) is 35.6 Å². The highest BCUT2D eigenvalue weighted by Crippen LogP contribution is 2.34. The summed E-state index contributed by atoms with van der Waals surface area (Å²) in [6.07, 6.45) is 1.92. The van der Waals surface area contributed by atoms with Gasteiger partial charge < -0.3 is 15.5 Å². The van der Waals surface area contributed by atoms with E-state index in [1.54, 1.807) is 17.0 Å². The van der Waals surface area contributed by atoms with Gasteiger partial charge in [0.1, 0.15) is 5.82 Å². The molecule has 29 heavy (non-hydrogen) atoms. The van der Waals surface area contributed by atoms with Crippen LogP contribution in [0.5, 0.6) is 0 Å². The molecule has 150 valence electrons. The van der Waals surface area contributed by atoms with Gasteiger partial charge in [-0.25, -0.2) is 4.39 Å². The van der Waals surface area contributed by atoms with Gasteiger partial charge in [-0.1, -0.05) is 18.2 Å². The third-order valence-corrected chi connectivity index (χ3v) is 5.52. The molecule has 1 unspecified atom stereocenters. The first-order chi connectivity index (χ1) is 13.9. The lowest BCUT2D eigenvalue weighted by Crippen LogP contribution is -2.32. The monoisotopic (exact) mass is 395 g/mol. The Kier molecular flexibility index (Phi) is 5.05. The molecule has 4 rings (SSSR count). The van der Waals surface area contributed by atoms with Crippen molar-refractivity contribution in [3.8, 4) is 0 Å². The van der Waals surface area contributed by atoms with Crippen LogP contribution in [0.15, 0.2) is 36.4 Å². The third kappa shape index (κ3) is 3.72. The van der Waals surface area contributed by atoms with E-state index in [1.807, 2.05) is 13.0 Å². The number of nitrogens with one attached hydrogen (secondary N) is 2. The fourth-order valence-electron chi connectivity index (χ4n) is 3.98. The second-order valence-corrected chi connectivity index (χ2v) is 7.52. The molecular formula is C22H22FN3O3. The van der Waals surface area contributed by atoms with Crippen LogP contribution in [-0.2, 0) is 9.59 Å². The number of carbonyl (C=O) groups excluding carboxylic acids is 3. The summed E-state index contributed by atoms with van der Waals surface area (Å²) in [6.45, 7) is 3.25. The Morgan fingerprint density at radius 1 is 1.17 bits per heavy atom. The van der Waals surface area contributed by atoms with Crippen LogP contribution in [0.1, 0.15) is 46.7 Å². The lowest BCUT2D eigenvalue weighted by atomic mass is 9.89. The van der Waals surface area contributed by atoms with Gasteiger partial charge in [0.15, 0.2) is 0 Å². The summed E-state index contributed by atoms with van der Waals surface area (Å²) < 4.78 is 13.5. The predicted octanol–water partition coefficient (Wildman–Crippen LogP) is 3.43. The quantitative estimate of drug-likeness (QED) is 0.836. The van der Waals surface area contributed by atoms with Gasteiger partial charge in [-0.15, -0.1) is 0 Å². The van der Waals surface area contributed by atoms with Crippen LogP contribution in [0.2, 0.25) is 0 Å². The normalized spacial score (nSPS) is 18.2. The number of carbonyl (C=O) groups is 3. The minimum atomic E-state index is -0.756. The van der Waals surface area contributed by atoms with E-state index in [1.165, 1.54) is 18.2 Å². The van der Waals surface area contributed by atoms with Crippen LogP contribution in [-0.4, -0.2) is 35.7 Å². The van der Waals surface area contributed by atoms with E-state index in [2.05, 4.69) is 10.6 Å². The van der Waals surface area contributed by atoms with E-state index in [0.717, 1.165) is 18.4 Å². The topological polar surface area (TPSA) is 78.5 Å². The fraction of sp³-hybridized carbons (Fsp3) is 0.318. The molecule has 2 aromatic rings. The maximum Gasteiger partial charge on any atom is 0.255 e. The Morgan fingerprint density at radius 2 is 1.93 bits per heavy atom. The average Bonchev–Trinajstić information content (AvgIpc) is 3.22. The summed E-state index contributed by atoms with van der Waals surface area (Å²) in [6, 6.07) is 9.33. The molecule has 2 aliphatic heterocycles. The second-order valence-electron chi connectivity index (χ2n) is 7.52. The van der Waals surface area contributed by atoms with Gasteiger partial charge in [0.2, 0.25) is 11.8 Å². The number of rotatable bonds is 3. The zero-order valence-electron chi connectivity index (χ0n) is 16.1. The van der Waals surface area contributed by atoms with Gasteiger partial charge in [-0.2, -0.15) is 0 Å². The van der Waals surface area contributed by atoms with Crippen LogP contribution < -0.4 is 10.6 Å². The first-order valence-electron chi connectivity index (χ1n) is 9.73. The molecule has 1 fully saturated rings. The van der Waals surface area contributed by atoms with Gasteiger partial charge >= 0.3 is 0 Å². The van der Waals surface area contributed by atoms with E-state index in [4.69, 9.17) is 0 Å². The largest absolute Gasteiger partial charge is 0.339 e. The third-order valence-electron chi connectivity index (χ3n) is 5.52. The summed E-state index contributed by atoms with van der Waals surface area (Å²) in [5.41, 5.74) is 2.54. The highest BCUT2D eigenvalue weighted by molar-refractivity contribution is 6.09. The van der Waals surface area contributed by atoms with E-state index in [-0.39, 0.29) is 18.2 Å². The van der Waals surface area contributed by atoms with E-state index < -0.39 is 17.6 Å². The van der Waals surface area contributed by atoms with Crippen molar-refractivity contribution in [1.82, 2.24) is 4.90 Å². The standard InChI is InChI=1S/C22H22FN3O3/c1-13-5-4-6-16(22(29)26-9-2-3-10-26)20(13)25-21(28)17-12-19(27)24-18-11-14(23)7-8-15(17)18/h4-8,11,17H,2-3,9-10,12H2,1H3,(H,24,27)(H,25,28). The lowest BCUT2D eigenvalue weighted by Gasteiger charge is -2.26. The number of halogens is 1. The first kappa shape index (κ1) is 19.1. The molecule has 7 heteroatoms. The number of likely N-dealkylation sites (tertiary alicyclic amines) is 1. The summed E-state index contributed by atoms with van der Waals surface area (Å²) in [5, 5.41) is 5.48. The van der Waals surface area contributed by atoms with Gasteiger partial charge in [0.25, 0.3) is 5.91 Å². The molecule has 0 bridgehead atoms. The predicted molar refractivity (Wildman–Crippen MR) is 107 cm³/mol. The number of hydrogen-bond donors (Lipinski definition) is 2. The lowest BCUT2D eigenvalue weighted by molar-refractivity contribution is -0.123. The minimum Gasteiger partial charge on any atom is -0.339 e. The number of benzene rings is 2.